The fourth-order valence-corrected chi connectivity index (χ4v) is 2.51. The minimum absolute atomic E-state index is 0.555. The first-order valence-corrected chi connectivity index (χ1v) is 7.76. The SMILES string of the molecule is CCCCNCc1ccc(C(F)(F)F)cc1N1CCOCC1. The number of morpholine rings is 1. The van der Waals surface area contributed by atoms with Gasteiger partial charge in [0.2, 0.25) is 0 Å². The van der Waals surface area contributed by atoms with Gasteiger partial charge in [-0.1, -0.05) is 19.4 Å². The quantitative estimate of drug-likeness (QED) is 0.814. The first-order chi connectivity index (χ1) is 10.5. The van der Waals surface area contributed by atoms with E-state index in [1.54, 1.807) is 6.07 Å². The Balaban J connectivity index is 2.19. The zero-order chi connectivity index (χ0) is 16.0. The van der Waals surface area contributed by atoms with Crippen molar-refractivity contribution in [3.8, 4) is 0 Å². The lowest BCUT2D eigenvalue weighted by Crippen LogP contribution is -2.37. The molecule has 0 unspecified atom stereocenters. The third kappa shape index (κ3) is 4.61. The Hall–Kier alpha value is -1.27. The van der Waals surface area contributed by atoms with E-state index >= 15 is 0 Å². The van der Waals surface area contributed by atoms with Crippen molar-refractivity contribution in [3.63, 3.8) is 0 Å². The fourth-order valence-electron chi connectivity index (χ4n) is 2.51. The van der Waals surface area contributed by atoms with Crippen LogP contribution in [-0.4, -0.2) is 32.8 Å². The Bertz CT molecular complexity index is 471. The van der Waals surface area contributed by atoms with Gasteiger partial charge in [-0.15, -0.1) is 0 Å². The standard InChI is InChI=1S/C16H23F3N2O/c1-2-3-6-20-12-13-4-5-14(16(17,18)19)11-15(13)21-7-9-22-10-8-21/h4-5,11,20H,2-3,6-10,12H2,1H3. The molecule has 0 saturated carbocycles. The van der Waals surface area contributed by atoms with E-state index in [1.807, 2.05) is 4.90 Å². The summed E-state index contributed by atoms with van der Waals surface area (Å²) in [6.45, 7) is 5.94. The van der Waals surface area contributed by atoms with Crippen molar-refractivity contribution < 1.29 is 17.9 Å². The second kappa shape index (κ2) is 7.83. The van der Waals surface area contributed by atoms with Gasteiger partial charge in [-0.05, 0) is 30.7 Å². The summed E-state index contributed by atoms with van der Waals surface area (Å²) in [6, 6.07) is 4.02. The maximum Gasteiger partial charge on any atom is 0.416 e. The number of hydrogen-bond acceptors (Lipinski definition) is 3. The number of halogens is 3. The number of alkyl halides is 3. The van der Waals surface area contributed by atoms with E-state index in [1.165, 1.54) is 12.1 Å². The fraction of sp³-hybridized carbons (Fsp3) is 0.625. The Morgan fingerprint density at radius 2 is 1.95 bits per heavy atom. The van der Waals surface area contributed by atoms with E-state index in [-0.39, 0.29) is 0 Å². The molecule has 1 aromatic carbocycles. The zero-order valence-electron chi connectivity index (χ0n) is 12.9. The van der Waals surface area contributed by atoms with E-state index in [0.29, 0.717) is 38.5 Å². The van der Waals surface area contributed by atoms with Crippen molar-refractivity contribution in [2.24, 2.45) is 0 Å². The van der Waals surface area contributed by atoms with E-state index in [2.05, 4.69) is 12.2 Å². The van der Waals surface area contributed by atoms with Gasteiger partial charge in [0, 0.05) is 25.3 Å². The van der Waals surface area contributed by atoms with Crippen LogP contribution in [0.5, 0.6) is 0 Å². The van der Waals surface area contributed by atoms with Crippen molar-refractivity contribution in [2.45, 2.75) is 32.5 Å². The van der Waals surface area contributed by atoms with E-state index in [0.717, 1.165) is 24.9 Å². The van der Waals surface area contributed by atoms with Crippen LogP contribution in [0.15, 0.2) is 18.2 Å². The van der Waals surface area contributed by atoms with Crippen LogP contribution < -0.4 is 10.2 Å². The van der Waals surface area contributed by atoms with Crippen molar-refractivity contribution in [1.82, 2.24) is 5.32 Å². The molecule has 1 N–H and O–H groups in total. The Morgan fingerprint density at radius 3 is 2.59 bits per heavy atom. The average Bonchev–Trinajstić information content (AvgIpc) is 2.51. The summed E-state index contributed by atoms with van der Waals surface area (Å²) in [5.74, 6) is 0. The minimum Gasteiger partial charge on any atom is -0.378 e. The Morgan fingerprint density at radius 1 is 1.23 bits per heavy atom. The zero-order valence-corrected chi connectivity index (χ0v) is 12.9. The summed E-state index contributed by atoms with van der Waals surface area (Å²) in [5, 5.41) is 3.30. The molecule has 3 nitrogen and oxygen atoms in total. The molecular formula is C16H23F3N2O. The van der Waals surface area contributed by atoms with E-state index < -0.39 is 11.7 Å². The predicted octanol–water partition coefficient (Wildman–Crippen LogP) is 3.43. The third-order valence-electron chi connectivity index (χ3n) is 3.79. The molecule has 1 aromatic rings. The van der Waals surface area contributed by atoms with Gasteiger partial charge in [0.25, 0.3) is 0 Å². The summed E-state index contributed by atoms with van der Waals surface area (Å²) in [6.07, 6.45) is -2.15. The van der Waals surface area contributed by atoms with Gasteiger partial charge >= 0.3 is 6.18 Å². The highest BCUT2D eigenvalue weighted by atomic mass is 19.4. The van der Waals surface area contributed by atoms with Crippen LogP contribution in [0.1, 0.15) is 30.9 Å². The van der Waals surface area contributed by atoms with Crippen molar-refractivity contribution in [1.29, 1.82) is 0 Å². The van der Waals surface area contributed by atoms with Gasteiger partial charge in [-0.25, -0.2) is 0 Å². The second-order valence-electron chi connectivity index (χ2n) is 5.47. The second-order valence-corrected chi connectivity index (χ2v) is 5.47. The Kier molecular flexibility index (Phi) is 6.08. The molecule has 1 aliphatic rings. The normalized spacial score (nSPS) is 16.1. The van der Waals surface area contributed by atoms with Gasteiger partial charge in [0.1, 0.15) is 0 Å². The van der Waals surface area contributed by atoms with Gasteiger partial charge in [0.05, 0.1) is 18.8 Å². The molecule has 0 atom stereocenters. The molecule has 124 valence electrons. The Labute approximate surface area is 129 Å². The predicted molar refractivity (Wildman–Crippen MR) is 81.1 cm³/mol. The molecule has 1 heterocycles. The molecule has 0 spiro atoms. The first kappa shape index (κ1) is 17.1. The van der Waals surface area contributed by atoms with Crippen molar-refractivity contribution in [2.75, 3.05) is 37.7 Å². The number of nitrogens with one attached hydrogen (secondary N) is 1. The van der Waals surface area contributed by atoms with Crippen LogP contribution in [0, 0.1) is 0 Å². The number of benzene rings is 1. The van der Waals surface area contributed by atoms with Crippen LogP contribution in [0.4, 0.5) is 18.9 Å². The number of rotatable bonds is 6. The molecule has 1 aliphatic heterocycles. The number of nitrogens with zero attached hydrogens (tertiary/aromatic N) is 1. The number of hydrogen-bond donors (Lipinski definition) is 1. The maximum atomic E-state index is 13.0. The number of ether oxygens (including phenoxy) is 1. The van der Waals surface area contributed by atoms with Gasteiger partial charge in [0.15, 0.2) is 0 Å². The monoisotopic (exact) mass is 316 g/mol. The smallest absolute Gasteiger partial charge is 0.378 e. The summed E-state index contributed by atoms with van der Waals surface area (Å²) in [5.41, 5.74) is 0.986. The van der Waals surface area contributed by atoms with Crippen molar-refractivity contribution in [3.05, 3.63) is 29.3 Å². The summed E-state index contributed by atoms with van der Waals surface area (Å²) in [7, 11) is 0. The highest BCUT2D eigenvalue weighted by molar-refractivity contribution is 5.56. The molecule has 1 saturated heterocycles. The lowest BCUT2D eigenvalue weighted by atomic mass is 10.1. The van der Waals surface area contributed by atoms with Crippen LogP contribution in [-0.2, 0) is 17.5 Å². The third-order valence-corrected chi connectivity index (χ3v) is 3.79. The highest BCUT2D eigenvalue weighted by Crippen LogP contribution is 2.33. The molecule has 0 amide bonds. The lowest BCUT2D eigenvalue weighted by molar-refractivity contribution is -0.137. The van der Waals surface area contributed by atoms with Crippen LogP contribution in [0.3, 0.4) is 0 Å². The van der Waals surface area contributed by atoms with Gasteiger partial charge in [-0.2, -0.15) is 13.2 Å². The van der Waals surface area contributed by atoms with Crippen LogP contribution in [0.25, 0.3) is 0 Å². The topological polar surface area (TPSA) is 24.5 Å². The largest absolute Gasteiger partial charge is 0.416 e. The minimum atomic E-state index is -4.31. The molecule has 0 aliphatic carbocycles. The van der Waals surface area contributed by atoms with Gasteiger partial charge in [-0.3, -0.25) is 0 Å². The van der Waals surface area contributed by atoms with Crippen LogP contribution in [0.2, 0.25) is 0 Å². The van der Waals surface area contributed by atoms with Gasteiger partial charge < -0.3 is 15.0 Å². The first-order valence-electron chi connectivity index (χ1n) is 7.76. The molecule has 0 aromatic heterocycles. The van der Waals surface area contributed by atoms with E-state index in [9.17, 15) is 13.2 Å². The summed E-state index contributed by atoms with van der Waals surface area (Å²) < 4.78 is 44.2. The molecule has 2 rings (SSSR count). The molecule has 0 radical (unpaired) electrons. The highest BCUT2D eigenvalue weighted by Gasteiger charge is 2.31. The molecule has 22 heavy (non-hydrogen) atoms. The average molecular weight is 316 g/mol. The lowest BCUT2D eigenvalue weighted by Gasteiger charge is -2.31. The number of unbranched alkanes of at least 4 members (excludes halogenated alkanes) is 1. The van der Waals surface area contributed by atoms with Crippen LogP contribution >= 0.6 is 0 Å². The molecular weight excluding hydrogens is 293 g/mol. The van der Waals surface area contributed by atoms with E-state index in [4.69, 9.17) is 4.74 Å². The molecule has 0 bridgehead atoms. The van der Waals surface area contributed by atoms with Crippen molar-refractivity contribution >= 4 is 5.69 Å². The summed E-state index contributed by atoms with van der Waals surface area (Å²) >= 11 is 0. The molecule has 6 heteroatoms. The maximum absolute atomic E-state index is 13.0. The summed E-state index contributed by atoms with van der Waals surface area (Å²) in [4.78, 5) is 1.98. The molecule has 1 fully saturated rings. The number of anilines is 1.